The van der Waals surface area contributed by atoms with Crippen LogP contribution in [-0.4, -0.2) is 39.8 Å². The van der Waals surface area contributed by atoms with Crippen LogP contribution in [0.15, 0.2) is 24.3 Å². The molecule has 0 saturated heterocycles. The molecule has 0 amide bonds. The first kappa shape index (κ1) is 16.8. The Bertz CT molecular complexity index is 464. The van der Waals surface area contributed by atoms with Gasteiger partial charge in [-0.15, -0.1) is 0 Å². The number of carboxylic acid groups (broad SMARTS) is 1. The summed E-state index contributed by atoms with van der Waals surface area (Å²) in [6.07, 6.45) is -0.699. The van der Waals surface area contributed by atoms with Gasteiger partial charge in [-0.3, -0.25) is 4.79 Å². The highest BCUT2D eigenvalue weighted by Crippen LogP contribution is 2.32. The van der Waals surface area contributed by atoms with Crippen molar-refractivity contribution in [1.82, 2.24) is 0 Å². The first-order valence-corrected chi connectivity index (χ1v) is 7.21. The summed E-state index contributed by atoms with van der Waals surface area (Å²) in [5.74, 6) is -0.00681. The van der Waals surface area contributed by atoms with Gasteiger partial charge in [-0.25, -0.2) is 0 Å². The molecule has 6 heteroatoms. The average molecular weight is 299 g/mol. The third-order valence-electron chi connectivity index (χ3n) is 3.11. The fraction of sp³-hybridized carbons (Fsp3) is 0.500. The van der Waals surface area contributed by atoms with E-state index in [1.165, 1.54) is 11.8 Å². The fourth-order valence-electron chi connectivity index (χ4n) is 1.63. The van der Waals surface area contributed by atoms with Crippen molar-refractivity contribution in [3.05, 3.63) is 29.8 Å². The Hall–Kier alpha value is -1.24. The molecule has 0 aromatic heterocycles. The van der Waals surface area contributed by atoms with E-state index in [0.717, 1.165) is 5.56 Å². The van der Waals surface area contributed by atoms with E-state index in [1.54, 1.807) is 45.2 Å². The van der Waals surface area contributed by atoms with E-state index < -0.39 is 22.9 Å². The van der Waals surface area contributed by atoms with Gasteiger partial charge >= 0.3 is 5.97 Å². The molecule has 0 radical (unpaired) electrons. The number of benzene rings is 1. The first-order chi connectivity index (χ1) is 9.27. The lowest BCUT2D eigenvalue weighted by molar-refractivity contribution is -0.139. The van der Waals surface area contributed by atoms with Gasteiger partial charge in [0.25, 0.3) is 0 Å². The molecule has 1 unspecified atom stereocenters. The summed E-state index contributed by atoms with van der Waals surface area (Å²) in [7, 11) is 1.56. The van der Waals surface area contributed by atoms with Gasteiger partial charge in [-0.1, -0.05) is 12.1 Å². The minimum Gasteiger partial charge on any atom is -0.497 e. The van der Waals surface area contributed by atoms with Crippen molar-refractivity contribution in [2.45, 2.75) is 30.7 Å². The van der Waals surface area contributed by atoms with E-state index in [-0.39, 0.29) is 0 Å². The number of aliphatic hydroxyl groups is 1. The van der Waals surface area contributed by atoms with Crippen LogP contribution >= 0.6 is 11.8 Å². The molecule has 0 fully saturated rings. The van der Waals surface area contributed by atoms with Gasteiger partial charge < -0.3 is 20.7 Å². The highest BCUT2D eigenvalue weighted by atomic mass is 32.2. The Labute approximate surface area is 123 Å². The van der Waals surface area contributed by atoms with Gasteiger partial charge in [0.2, 0.25) is 0 Å². The highest BCUT2D eigenvalue weighted by Gasteiger charge is 2.33. The number of methoxy groups -OCH3 is 1. The van der Waals surface area contributed by atoms with Crippen LogP contribution in [0.5, 0.6) is 5.75 Å². The van der Waals surface area contributed by atoms with Crippen LogP contribution in [0.25, 0.3) is 0 Å². The second-order valence-electron chi connectivity index (χ2n) is 5.02. The number of hydrogen-bond acceptors (Lipinski definition) is 5. The summed E-state index contributed by atoms with van der Waals surface area (Å²) < 4.78 is 4.44. The zero-order valence-corrected chi connectivity index (χ0v) is 12.7. The van der Waals surface area contributed by atoms with Crippen LogP contribution in [0.1, 0.15) is 25.5 Å². The summed E-state index contributed by atoms with van der Waals surface area (Å²) in [5, 5.41) is 19.1. The number of ether oxygens (including phenoxy) is 1. The molecule has 0 aliphatic rings. The van der Waals surface area contributed by atoms with E-state index >= 15 is 0 Å². The lowest BCUT2D eigenvalue weighted by Crippen LogP contribution is -2.47. The summed E-state index contributed by atoms with van der Waals surface area (Å²) in [4.78, 5) is 10.9. The van der Waals surface area contributed by atoms with Crippen LogP contribution < -0.4 is 10.5 Å². The first-order valence-electron chi connectivity index (χ1n) is 6.22. The molecule has 4 N–H and O–H groups in total. The molecule has 0 heterocycles. The van der Waals surface area contributed by atoms with E-state index in [1.807, 2.05) is 0 Å². The Morgan fingerprint density at radius 2 is 2.15 bits per heavy atom. The van der Waals surface area contributed by atoms with Gasteiger partial charge in [0.15, 0.2) is 0 Å². The van der Waals surface area contributed by atoms with Crippen LogP contribution in [0.4, 0.5) is 0 Å². The van der Waals surface area contributed by atoms with Crippen molar-refractivity contribution in [3.8, 4) is 5.75 Å². The molecule has 2 atom stereocenters. The summed E-state index contributed by atoms with van der Waals surface area (Å²) in [6, 6.07) is 6.18. The van der Waals surface area contributed by atoms with Crippen LogP contribution in [0.3, 0.4) is 0 Å². The SMILES string of the molecule is COc1cccc(C(O)CSC(C)(C)[C@H](N)C(=O)O)c1. The van der Waals surface area contributed by atoms with Crippen LogP contribution in [-0.2, 0) is 4.79 Å². The number of aliphatic hydroxyl groups excluding tert-OH is 1. The normalized spacial score (nSPS) is 14.7. The number of hydrogen-bond donors (Lipinski definition) is 3. The van der Waals surface area contributed by atoms with Crippen molar-refractivity contribution in [1.29, 1.82) is 0 Å². The molecule has 20 heavy (non-hydrogen) atoms. The molecule has 0 spiro atoms. The summed E-state index contributed by atoms with van der Waals surface area (Å²) >= 11 is 1.33. The number of rotatable bonds is 7. The largest absolute Gasteiger partial charge is 0.497 e. The average Bonchev–Trinajstić information content (AvgIpc) is 2.43. The molecule has 112 valence electrons. The Morgan fingerprint density at radius 1 is 1.50 bits per heavy atom. The number of carboxylic acids is 1. The van der Waals surface area contributed by atoms with Gasteiger partial charge in [0.05, 0.1) is 13.2 Å². The van der Waals surface area contributed by atoms with E-state index in [9.17, 15) is 9.90 Å². The molecular formula is C14H21NO4S. The minimum atomic E-state index is -1.04. The molecule has 1 aromatic carbocycles. The van der Waals surface area contributed by atoms with Crippen molar-refractivity contribution >= 4 is 17.7 Å². The Balaban J connectivity index is 2.66. The predicted octanol–water partition coefficient (Wildman–Crippen LogP) is 1.65. The summed E-state index contributed by atoms with van der Waals surface area (Å²) in [6.45, 7) is 3.52. The molecule has 0 saturated carbocycles. The van der Waals surface area contributed by atoms with Crippen molar-refractivity contribution in [3.63, 3.8) is 0 Å². The molecule has 5 nitrogen and oxygen atoms in total. The van der Waals surface area contributed by atoms with Gasteiger partial charge in [-0.05, 0) is 31.5 Å². The summed E-state index contributed by atoms with van der Waals surface area (Å²) in [5.41, 5.74) is 6.38. The van der Waals surface area contributed by atoms with Gasteiger partial charge in [0.1, 0.15) is 11.8 Å². The predicted molar refractivity (Wildman–Crippen MR) is 80.1 cm³/mol. The van der Waals surface area contributed by atoms with E-state index in [0.29, 0.717) is 11.5 Å². The number of nitrogens with two attached hydrogens (primary N) is 1. The smallest absolute Gasteiger partial charge is 0.321 e. The second kappa shape index (κ2) is 6.97. The maximum absolute atomic E-state index is 10.9. The van der Waals surface area contributed by atoms with Crippen molar-refractivity contribution in [2.24, 2.45) is 5.73 Å². The van der Waals surface area contributed by atoms with Crippen LogP contribution in [0.2, 0.25) is 0 Å². The molecular weight excluding hydrogens is 278 g/mol. The number of carbonyl (C=O) groups is 1. The van der Waals surface area contributed by atoms with Crippen LogP contribution in [0, 0.1) is 0 Å². The quantitative estimate of drug-likeness (QED) is 0.709. The van der Waals surface area contributed by atoms with Crippen molar-refractivity contribution < 1.29 is 19.7 Å². The topological polar surface area (TPSA) is 92.8 Å². The molecule has 1 aromatic rings. The Morgan fingerprint density at radius 3 is 2.70 bits per heavy atom. The lowest BCUT2D eigenvalue weighted by atomic mass is 10.1. The molecule has 1 rings (SSSR count). The molecule has 0 aliphatic carbocycles. The number of aliphatic carboxylic acids is 1. The Kier molecular flexibility index (Phi) is 5.86. The third kappa shape index (κ3) is 4.40. The third-order valence-corrected chi connectivity index (χ3v) is 4.59. The zero-order valence-electron chi connectivity index (χ0n) is 11.9. The molecule has 0 aliphatic heterocycles. The minimum absolute atomic E-state index is 0.362. The second-order valence-corrected chi connectivity index (χ2v) is 6.70. The monoisotopic (exact) mass is 299 g/mol. The molecule has 0 bridgehead atoms. The zero-order chi connectivity index (χ0) is 15.3. The number of thioether (sulfide) groups is 1. The van der Waals surface area contributed by atoms with Gasteiger partial charge in [-0.2, -0.15) is 11.8 Å². The van der Waals surface area contributed by atoms with Crippen molar-refractivity contribution in [2.75, 3.05) is 12.9 Å². The van der Waals surface area contributed by atoms with E-state index in [4.69, 9.17) is 15.6 Å². The standard InChI is InChI=1S/C14H21NO4S/c1-14(2,12(15)13(17)18)20-8-11(16)9-5-4-6-10(7-9)19-3/h4-7,11-12,16H,8,15H2,1-3H3,(H,17,18)/t11?,12-/m1/s1. The maximum Gasteiger partial charge on any atom is 0.321 e. The van der Waals surface area contributed by atoms with E-state index in [2.05, 4.69) is 0 Å². The lowest BCUT2D eigenvalue weighted by Gasteiger charge is -2.29. The maximum atomic E-state index is 10.9. The highest BCUT2D eigenvalue weighted by molar-refractivity contribution is 8.00. The fourth-order valence-corrected chi connectivity index (χ4v) is 2.69. The van der Waals surface area contributed by atoms with Gasteiger partial charge in [0, 0.05) is 10.5 Å².